The molecule has 0 unspecified atom stereocenters. The average molecular weight is 241 g/mol. The Balaban J connectivity index is 2.14. The highest BCUT2D eigenvalue weighted by Gasteiger charge is 2.22. The fourth-order valence-corrected chi connectivity index (χ4v) is 2.83. The van der Waals surface area contributed by atoms with Gasteiger partial charge in [0.05, 0.1) is 6.54 Å². The van der Waals surface area contributed by atoms with Crippen LogP contribution in [0, 0.1) is 0 Å². The zero-order chi connectivity index (χ0) is 11.7. The van der Waals surface area contributed by atoms with E-state index in [4.69, 9.17) is 10.2 Å². The van der Waals surface area contributed by atoms with Crippen molar-refractivity contribution in [3.63, 3.8) is 0 Å². The van der Waals surface area contributed by atoms with Gasteiger partial charge in [0.1, 0.15) is 4.88 Å². The third kappa shape index (κ3) is 2.23. The number of rotatable bonds is 3. The molecule has 0 spiro atoms. The van der Waals surface area contributed by atoms with Gasteiger partial charge in [0.25, 0.3) is 0 Å². The fourth-order valence-electron chi connectivity index (χ4n) is 1.82. The molecule has 0 bridgehead atoms. The molecular weight excluding hydrogens is 230 g/mol. The molecule has 0 saturated carbocycles. The van der Waals surface area contributed by atoms with Crippen LogP contribution in [-0.2, 0) is 17.8 Å². The van der Waals surface area contributed by atoms with E-state index in [9.17, 15) is 9.59 Å². The van der Waals surface area contributed by atoms with E-state index in [0.717, 1.165) is 16.9 Å². The van der Waals surface area contributed by atoms with Gasteiger partial charge in [-0.25, -0.2) is 4.79 Å². The normalized spacial score (nSPS) is 15.8. The molecule has 2 N–H and O–H groups in total. The molecular formula is C10H11NO4S. The fraction of sp³-hybridized carbons (Fsp3) is 0.400. The molecule has 0 fully saturated rings. The predicted octanol–water partition coefficient (Wildman–Crippen LogP) is 0.889. The highest BCUT2D eigenvalue weighted by Crippen LogP contribution is 2.27. The number of carbonyl (C=O) groups is 2. The summed E-state index contributed by atoms with van der Waals surface area (Å²) < 4.78 is 0. The first-order chi connectivity index (χ1) is 7.56. The zero-order valence-electron chi connectivity index (χ0n) is 8.47. The summed E-state index contributed by atoms with van der Waals surface area (Å²) in [5.41, 5.74) is 0.954. The minimum Gasteiger partial charge on any atom is -0.480 e. The molecule has 2 heterocycles. The largest absolute Gasteiger partial charge is 0.480 e. The van der Waals surface area contributed by atoms with Crippen LogP contribution in [0.3, 0.4) is 0 Å². The number of fused-ring (bicyclic) bond motifs is 1. The summed E-state index contributed by atoms with van der Waals surface area (Å²) >= 11 is 1.29. The van der Waals surface area contributed by atoms with Crippen LogP contribution in [-0.4, -0.2) is 40.1 Å². The third-order valence-electron chi connectivity index (χ3n) is 2.52. The number of thiophene rings is 1. The predicted molar refractivity (Wildman–Crippen MR) is 57.9 cm³/mol. The first-order valence-electron chi connectivity index (χ1n) is 4.85. The van der Waals surface area contributed by atoms with Crippen LogP contribution in [0.15, 0.2) is 6.07 Å². The smallest absolute Gasteiger partial charge is 0.345 e. The van der Waals surface area contributed by atoms with Crippen LogP contribution in [0.4, 0.5) is 0 Å². The lowest BCUT2D eigenvalue weighted by molar-refractivity contribution is -0.138. The molecule has 0 atom stereocenters. The van der Waals surface area contributed by atoms with E-state index in [-0.39, 0.29) is 6.54 Å². The second-order valence-corrected chi connectivity index (χ2v) is 4.86. The minimum atomic E-state index is -0.913. The summed E-state index contributed by atoms with van der Waals surface area (Å²) in [6.45, 7) is 1.22. The second kappa shape index (κ2) is 4.23. The molecule has 16 heavy (non-hydrogen) atoms. The lowest BCUT2D eigenvalue weighted by Gasteiger charge is -2.24. The van der Waals surface area contributed by atoms with E-state index in [0.29, 0.717) is 18.0 Å². The first-order valence-corrected chi connectivity index (χ1v) is 5.67. The van der Waals surface area contributed by atoms with Crippen molar-refractivity contribution in [2.24, 2.45) is 0 Å². The van der Waals surface area contributed by atoms with Crippen molar-refractivity contribution in [1.82, 2.24) is 4.90 Å². The highest BCUT2D eigenvalue weighted by molar-refractivity contribution is 7.14. The van der Waals surface area contributed by atoms with E-state index in [1.54, 1.807) is 6.07 Å². The standard InChI is InChI=1S/C10H11NO4S/c12-9(13)5-11-2-1-7-6(4-11)3-8(16-7)10(14)15/h3H,1-2,4-5H2,(H,12,13)(H,14,15). The van der Waals surface area contributed by atoms with Gasteiger partial charge < -0.3 is 10.2 Å². The van der Waals surface area contributed by atoms with Crippen molar-refractivity contribution in [3.05, 3.63) is 21.4 Å². The molecule has 0 aliphatic carbocycles. The summed E-state index contributed by atoms with van der Waals surface area (Å²) in [6.07, 6.45) is 0.737. The van der Waals surface area contributed by atoms with Gasteiger partial charge in [-0.1, -0.05) is 0 Å². The van der Waals surface area contributed by atoms with Crippen molar-refractivity contribution in [2.75, 3.05) is 13.1 Å². The number of hydrogen-bond acceptors (Lipinski definition) is 4. The Morgan fingerprint density at radius 3 is 2.81 bits per heavy atom. The van der Waals surface area contributed by atoms with Gasteiger partial charge in [0, 0.05) is 18.0 Å². The van der Waals surface area contributed by atoms with Gasteiger partial charge in [-0.3, -0.25) is 9.69 Å². The number of carboxylic acid groups (broad SMARTS) is 2. The van der Waals surface area contributed by atoms with Gasteiger partial charge >= 0.3 is 11.9 Å². The number of hydrogen-bond donors (Lipinski definition) is 2. The monoisotopic (exact) mass is 241 g/mol. The Morgan fingerprint density at radius 2 is 2.19 bits per heavy atom. The minimum absolute atomic E-state index is 0.0116. The lowest BCUT2D eigenvalue weighted by Crippen LogP contribution is -2.34. The van der Waals surface area contributed by atoms with Crippen molar-refractivity contribution >= 4 is 23.3 Å². The molecule has 0 amide bonds. The van der Waals surface area contributed by atoms with E-state index in [1.807, 2.05) is 4.90 Å². The number of nitrogens with zero attached hydrogens (tertiary/aromatic N) is 1. The maximum Gasteiger partial charge on any atom is 0.345 e. The third-order valence-corrected chi connectivity index (χ3v) is 3.74. The Labute approximate surface area is 95.9 Å². The Kier molecular flexibility index (Phi) is 2.93. The summed E-state index contributed by atoms with van der Waals surface area (Å²) in [6, 6.07) is 1.65. The van der Waals surface area contributed by atoms with E-state index in [1.165, 1.54) is 11.3 Å². The van der Waals surface area contributed by atoms with Crippen molar-refractivity contribution in [1.29, 1.82) is 0 Å². The molecule has 86 valence electrons. The number of aromatic carboxylic acids is 1. The highest BCUT2D eigenvalue weighted by atomic mass is 32.1. The average Bonchev–Trinajstić information content (AvgIpc) is 2.59. The lowest BCUT2D eigenvalue weighted by atomic mass is 10.1. The molecule has 6 heteroatoms. The molecule has 1 aromatic heterocycles. The van der Waals surface area contributed by atoms with Gasteiger partial charge in [-0.15, -0.1) is 11.3 Å². The van der Waals surface area contributed by atoms with Crippen LogP contribution < -0.4 is 0 Å². The molecule has 1 aliphatic rings. The van der Waals surface area contributed by atoms with Crippen LogP contribution >= 0.6 is 11.3 Å². The van der Waals surface area contributed by atoms with Crippen molar-refractivity contribution in [2.45, 2.75) is 13.0 Å². The summed E-state index contributed by atoms with van der Waals surface area (Å²) in [7, 11) is 0. The molecule has 5 nitrogen and oxygen atoms in total. The summed E-state index contributed by atoms with van der Waals surface area (Å²) in [5.74, 6) is -1.76. The number of carboxylic acids is 2. The van der Waals surface area contributed by atoms with Crippen LogP contribution in [0.25, 0.3) is 0 Å². The first kappa shape index (κ1) is 11.1. The van der Waals surface area contributed by atoms with Gasteiger partial charge in [0.2, 0.25) is 0 Å². The Bertz CT molecular complexity index is 440. The quantitative estimate of drug-likeness (QED) is 0.821. The zero-order valence-corrected chi connectivity index (χ0v) is 9.29. The van der Waals surface area contributed by atoms with Crippen molar-refractivity contribution in [3.8, 4) is 0 Å². The molecule has 1 aromatic rings. The molecule has 0 saturated heterocycles. The maximum atomic E-state index is 10.8. The molecule has 0 aromatic carbocycles. The molecule has 2 rings (SSSR count). The van der Waals surface area contributed by atoms with E-state index < -0.39 is 11.9 Å². The Morgan fingerprint density at radius 1 is 1.44 bits per heavy atom. The SMILES string of the molecule is O=C(O)CN1CCc2sc(C(=O)O)cc2C1. The van der Waals surface area contributed by atoms with Gasteiger partial charge in [-0.05, 0) is 18.1 Å². The molecule has 0 radical (unpaired) electrons. The second-order valence-electron chi connectivity index (χ2n) is 3.72. The summed E-state index contributed by atoms with van der Waals surface area (Å²) in [4.78, 5) is 24.6. The maximum absolute atomic E-state index is 10.8. The van der Waals surface area contributed by atoms with E-state index in [2.05, 4.69) is 0 Å². The summed E-state index contributed by atoms with van der Waals surface area (Å²) in [5, 5.41) is 17.5. The van der Waals surface area contributed by atoms with Crippen LogP contribution in [0.5, 0.6) is 0 Å². The van der Waals surface area contributed by atoms with Crippen molar-refractivity contribution < 1.29 is 19.8 Å². The van der Waals surface area contributed by atoms with Crippen LogP contribution in [0.2, 0.25) is 0 Å². The number of aliphatic carboxylic acids is 1. The topological polar surface area (TPSA) is 77.8 Å². The van der Waals surface area contributed by atoms with E-state index >= 15 is 0 Å². The van der Waals surface area contributed by atoms with Gasteiger partial charge in [0.15, 0.2) is 0 Å². The van der Waals surface area contributed by atoms with Gasteiger partial charge in [-0.2, -0.15) is 0 Å². The Hall–Kier alpha value is -1.40. The van der Waals surface area contributed by atoms with Crippen LogP contribution in [0.1, 0.15) is 20.1 Å². The molecule has 1 aliphatic heterocycles.